The molecule has 2 aliphatic carbocycles. The number of carbonyl (C=O) groups is 1. The molecule has 1 aliphatic heterocycles. The molecule has 1 amide bonds. The first-order valence-corrected chi connectivity index (χ1v) is 12.1. The first-order valence-electron chi connectivity index (χ1n) is 12.1. The molecule has 174 valence electrons. The third kappa shape index (κ3) is 3.08. The van der Waals surface area contributed by atoms with Gasteiger partial charge < -0.3 is 15.2 Å². The average molecular weight is 452 g/mol. The molecule has 0 saturated carbocycles. The van der Waals surface area contributed by atoms with Gasteiger partial charge >= 0.3 is 0 Å². The third-order valence-corrected chi connectivity index (χ3v) is 7.67. The largest absolute Gasteiger partial charge is 0.391 e. The van der Waals surface area contributed by atoms with Gasteiger partial charge in [-0.05, 0) is 62.8 Å². The second kappa shape index (κ2) is 8.35. The number of fused-ring (bicyclic) bond motifs is 1. The number of benzene rings is 1. The van der Waals surface area contributed by atoms with Crippen molar-refractivity contribution in [1.82, 2.24) is 15.2 Å². The second-order valence-electron chi connectivity index (χ2n) is 9.46. The summed E-state index contributed by atoms with van der Waals surface area (Å²) in [4.78, 5) is 13.6. The number of allylic oxidation sites excluding steroid dienone is 4. The fraction of sp³-hybridized carbons (Fsp3) is 0.300. The van der Waals surface area contributed by atoms with Crippen molar-refractivity contribution in [2.45, 2.75) is 45.6 Å². The van der Waals surface area contributed by atoms with E-state index in [1.807, 2.05) is 7.05 Å². The summed E-state index contributed by atoms with van der Waals surface area (Å²) >= 11 is 0. The van der Waals surface area contributed by atoms with Gasteiger partial charge in [-0.25, -0.2) is 0 Å². The van der Waals surface area contributed by atoms with Gasteiger partial charge in [-0.2, -0.15) is 0 Å². The molecule has 1 atom stereocenters. The van der Waals surface area contributed by atoms with Crippen LogP contribution in [0.25, 0.3) is 17.7 Å². The molecule has 5 rings (SSSR count). The van der Waals surface area contributed by atoms with E-state index < -0.39 is 5.54 Å². The number of carbonyl (C=O) groups excluding carboxylic acids is 1. The Kier molecular flexibility index (Phi) is 5.47. The Balaban J connectivity index is 1.96. The van der Waals surface area contributed by atoms with Crippen molar-refractivity contribution < 1.29 is 4.79 Å². The highest BCUT2D eigenvalue weighted by Crippen LogP contribution is 2.53. The molecule has 4 nitrogen and oxygen atoms in total. The molecule has 0 spiro atoms. The summed E-state index contributed by atoms with van der Waals surface area (Å²) in [5.41, 5.74) is 10.3. The van der Waals surface area contributed by atoms with E-state index in [9.17, 15) is 4.79 Å². The van der Waals surface area contributed by atoms with E-state index in [0.717, 1.165) is 58.5 Å². The first kappa shape index (κ1) is 22.3. The molecule has 34 heavy (non-hydrogen) atoms. The molecule has 2 N–H and O–H groups in total. The van der Waals surface area contributed by atoms with E-state index in [0.29, 0.717) is 0 Å². The lowest BCUT2D eigenvalue weighted by atomic mass is 9.70. The zero-order valence-electron chi connectivity index (χ0n) is 20.8. The number of nitrogens with zero attached hydrogens (tertiary/aromatic N) is 1. The highest BCUT2D eigenvalue weighted by Gasteiger charge is 2.52. The summed E-state index contributed by atoms with van der Waals surface area (Å²) in [5.74, 6) is 0.0412. The topological polar surface area (TPSA) is 46.1 Å². The SMILES string of the molecule is CN/C(C)=C(\c1ccccc1C)C1(c2c3c(n(C)c2C)C=CCC=C3)NC(=O)C2=C1C=CCC2. The predicted octanol–water partition coefficient (Wildman–Crippen LogP) is 5.69. The van der Waals surface area contributed by atoms with Crippen LogP contribution >= 0.6 is 0 Å². The lowest BCUT2D eigenvalue weighted by Gasteiger charge is -2.38. The predicted molar refractivity (Wildman–Crippen MR) is 141 cm³/mol. The lowest BCUT2D eigenvalue weighted by Crippen LogP contribution is -2.45. The van der Waals surface area contributed by atoms with E-state index in [4.69, 9.17) is 0 Å². The third-order valence-electron chi connectivity index (χ3n) is 7.67. The van der Waals surface area contributed by atoms with Gasteiger partial charge in [0.1, 0.15) is 5.54 Å². The van der Waals surface area contributed by atoms with Crippen LogP contribution in [0.3, 0.4) is 0 Å². The van der Waals surface area contributed by atoms with E-state index in [2.05, 4.69) is 104 Å². The average Bonchev–Trinajstić information content (AvgIpc) is 3.12. The summed E-state index contributed by atoms with van der Waals surface area (Å²) < 4.78 is 2.26. The van der Waals surface area contributed by atoms with Crippen LogP contribution in [-0.4, -0.2) is 17.5 Å². The van der Waals surface area contributed by atoms with Crippen LogP contribution in [0.5, 0.6) is 0 Å². The highest BCUT2D eigenvalue weighted by molar-refractivity contribution is 6.05. The van der Waals surface area contributed by atoms with Crippen molar-refractivity contribution in [1.29, 1.82) is 0 Å². The van der Waals surface area contributed by atoms with Gasteiger partial charge in [0.25, 0.3) is 0 Å². The molecule has 2 heterocycles. The molecule has 0 saturated heterocycles. The zero-order valence-corrected chi connectivity index (χ0v) is 20.8. The molecule has 1 unspecified atom stereocenters. The standard InChI is InChI=1S/C30H33N3O/c1-19-13-9-10-14-22(19)27(20(2)31-4)30(25-17-12-11-15-23(25)29(34)32-30)28-21(3)33(5)26-18-8-6-7-16-24(26)28/h7-10,12-14,16-18,31H,6,11,15H2,1-5H3,(H,32,34)/b27-20+. The van der Waals surface area contributed by atoms with Gasteiger partial charge in [0.15, 0.2) is 0 Å². The van der Waals surface area contributed by atoms with Gasteiger partial charge in [-0.3, -0.25) is 4.79 Å². The molecule has 3 aliphatic rings. The van der Waals surface area contributed by atoms with E-state index in [1.54, 1.807) is 0 Å². The maximum absolute atomic E-state index is 13.6. The number of nitrogens with one attached hydrogen (secondary N) is 2. The van der Waals surface area contributed by atoms with Crippen molar-refractivity contribution in [3.63, 3.8) is 0 Å². The number of amides is 1. The summed E-state index contributed by atoms with van der Waals surface area (Å²) in [5, 5.41) is 6.99. The highest BCUT2D eigenvalue weighted by atomic mass is 16.2. The van der Waals surface area contributed by atoms with Crippen molar-refractivity contribution in [2.24, 2.45) is 7.05 Å². The number of rotatable bonds is 4. The molecule has 0 bridgehead atoms. The number of hydrogen-bond donors (Lipinski definition) is 2. The van der Waals surface area contributed by atoms with Crippen LogP contribution < -0.4 is 10.6 Å². The quantitative estimate of drug-likeness (QED) is 0.627. The molecule has 2 aromatic rings. The van der Waals surface area contributed by atoms with Gasteiger partial charge in [0.05, 0.1) is 0 Å². The van der Waals surface area contributed by atoms with Crippen LogP contribution in [0.1, 0.15) is 59.8 Å². The van der Waals surface area contributed by atoms with Crippen molar-refractivity contribution in [3.05, 3.63) is 99.1 Å². The van der Waals surface area contributed by atoms with Gasteiger partial charge in [0.2, 0.25) is 5.91 Å². The van der Waals surface area contributed by atoms with Gasteiger partial charge in [0, 0.05) is 53.5 Å². The van der Waals surface area contributed by atoms with E-state index in [-0.39, 0.29) is 5.91 Å². The summed E-state index contributed by atoms with van der Waals surface area (Å²) in [7, 11) is 4.09. The fourth-order valence-corrected chi connectivity index (χ4v) is 5.89. The molecular formula is C30H33N3O. The number of aromatic nitrogens is 1. The molecule has 1 aromatic heterocycles. The van der Waals surface area contributed by atoms with Crippen molar-refractivity contribution >= 4 is 23.6 Å². The maximum Gasteiger partial charge on any atom is 0.248 e. The molecule has 1 aromatic carbocycles. The Bertz CT molecular complexity index is 1350. The summed E-state index contributed by atoms with van der Waals surface area (Å²) in [6.45, 7) is 6.44. The Morgan fingerprint density at radius 2 is 1.85 bits per heavy atom. The minimum absolute atomic E-state index is 0.0412. The van der Waals surface area contributed by atoms with E-state index >= 15 is 0 Å². The van der Waals surface area contributed by atoms with Crippen LogP contribution in [-0.2, 0) is 17.4 Å². The Morgan fingerprint density at radius 1 is 1.09 bits per heavy atom. The molecule has 0 radical (unpaired) electrons. The van der Waals surface area contributed by atoms with E-state index in [1.165, 1.54) is 16.8 Å². The van der Waals surface area contributed by atoms with Crippen LogP contribution in [0.4, 0.5) is 0 Å². The summed E-state index contributed by atoms with van der Waals surface area (Å²) in [6, 6.07) is 8.49. The number of hydrogen-bond acceptors (Lipinski definition) is 2. The molecular weight excluding hydrogens is 418 g/mol. The fourth-order valence-electron chi connectivity index (χ4n) is 5.89. The Morgan fingerprint density at radius 3 is 2.62 bits per heavy atom. The zero-order chi connectivity index (χ0) is 24.0. The molecule has 4 heteroatoms. The van der Waals surface area contributed by atoms with Crippen molar-refractivity contribution in [3.8, 4) is 0 Å². The molecule has 0 fully saturated rings. The Labute approximate surface area is 202 Å². The Hall–Kier alpha value is -3.53. The smallest absolute Gasteiger partial charge is 0.248 e. The monoisotopic (exact) mass is 451 g/mol. The lowest BCUT2D eigenvalue weighted by molar-refractivity contribution is -0.117. The minimum atomic E-state index is -0.791. The van der Waals surface area contributed by atoms with Crippen molar-refractivity contribution in [2.75, 3.05) is 7.05 Å². The van der Waals surface area contributed by atoms with Crippen LogP contribution in [0.15, 0.2) is 65.4 Å². The minimum Gasteiger partial charge on any atom is -0.391 e. The van der Waals surface area contributed by atoms with Crippen LogP contribution in [0, 0.1) is 13.8 Å². The van der Waals surface area contributed by atoms with Gasteiger partial charge in [-0.1, -0.05) is 54.6 Å². The normalized spacial score (nSPS) is 21.7. The maximum atomic E-state index is 13.6. The van der Waals surface area contributed by atoms with Gasteiger partial charge in [-0.15, -0.1) is 0 Å². The number of aryl methyl sites for hydroxylation is 1. The van der Waals surface area contributed by atoms with Crippen LogP contribution in [0.2, 0.25) is 0 Å². The second-order valence-corrected chi connectivity index (χ2v) is 9.46. The first-order chi connectivity index (χ1) is 16.4. The summed E-state index contributed by atoms with van der Waals surface area (Å²) in [6.07, 6.45) is 15.8.